The van der Waals surface area contributed by atoms with Crippen LogP contribution in [-0.2, 0) is 4.74 Å². The molecule has 0 saturated carbocycles. The number of aromatic nitrogens is 1. The second-order valence-corrected chi connectivity index (χ2v) is 4.95. The van der Waals surface area contributed by atoms with Crippen molar-refractivity contribution in [1.82, 2.24) is 10.3 Å². The quantitative estimate of drug-likeness (QED) is 0.620. The summed E-state index contributed by atoms with van der Waals surface area (Å²) in [6.45, 7) is 3.82. The summed E-state index contributed by atoms with van der Waals surface area (Å²) in [7, 11) is 1.30. The Hall–Kier alpha value is -3.48. The molecule has 0 aliphatic carbocycles. The zero-order valence-corrected chi connectivity index (χ0v) is 13.6. The van der Waals surface area contributed by atoms with Crippen LogP contribution in [0.5, 0.6) is 0 Å². The van der Waals surface area contributed by atoms with E-state index < -0.39 is 17.8 Å². The summed E-state index contributed by atoms with van der Waals surface area (Å²) in [5, 5.41) is 5.28. The van der Waals surface area contributed by atoms with E-state index in [0.717, 1.165) is 0 Å². The van der Waals surface area contributed by atoms with E-state index in [-0.39, 0.29) is 11.3 Å². The third-order valence-corrected chi connectivity index (χ3v) is 3.23. The monoisotopic (exact) mass is 339 g/mol. The predicted octanol–water partition coefficient (Wildman–Crippen LogP) is 2.04. The fourth-order valence-electron chi connectivity index (χ4n) is 1.96. The molecule has 2 rings (SSSR count). The Morgan fingerprint density at radius 2 is 1.84 bits per heavy atom. The molecular formula is C18H17N3O4. The molecule has 25 heavy (non-hydrogen) atoms. The van der Waals surface area contributed by atoms with Gasteiger partial charge in [0.05, 0.1) is 12.7 Å². The molecule has 7 nitrogen and oxygen atoms in total. The van der Waals surface area contributed by atoms with Crippen molar-refractivity contribution in [3.63, 3.8) is 0 Å². The van der Waals surface area contributed by atoms with Gasteiger partial charge in [0, 0.05) is 24.0 Å². The van der Waals surface area contributed by atoms with Crippen molar-refractivity contribution in [3.05, 3.63) is 72.1 Å². The summed E-state index contributed by atoms with van der Waals surface area (Å²) in [5.41, 5.74) is 1.31. The molecule has 2 amide bonds. The molecule has 0 aliphatic rings. The molecule has 2 N–H and O–H groups in total. The van der Waals surface area contributed by atoms with Gasteiger partial charge in [0.15, 0.2) is 0 Å². The number of carbonyl (C=O) groups excluding carboxylic acids is 3. The van der Waals surface area contributed by atoms with Gasteiger partial charge in [-0.15, -0.1) is 6.58 Å². The van der Waals surface area contributed by atoms with E-state index in [1.54, 1.807) is 30.3 Å². The first-order valence-corrected chi connectivity index (χ1v) is 7.40. The second-order valence-electron chi connectivity index (χ2n) is 4.95. The Bertz CT molecular complexity index is 800. The van der Waals surface area contributed by atoms with Gasteiger partial charge in [-0.3, -0.25) is 14.6 Å². The molecule has 0 saturated heterocycles. The number of carbonyl (C=O) groups is 3. The standard InChI is InChI=1S/C18H17N3O4/c1-3-9-20-17(23)15-11-13(8-10-19-15)16(22)21-14-6-4-12(5-7-14)18(24)25-2/h3-8,10-11H,1,9H2,2H3,(H,20,23)(H,21,22). The predicted molar refractivity (Wildman–Crippen MR) is 92.5 cm³/mol. The zero-order chi connectivity index (χ0) is 18.2. The van der Waals surface area contributed by atoms with Crippen LogP contribution in [-0.4, -0.2) is 36.4 Å². The lowest BCUT2D eigenvalue weighted by Gasteiger charge is -2.07. The third-order valence-electron chi connectivity index (χ3n) is 3.23. The topological polar surface area (TPSA) is 97.4 Å². The number of nitrogens with one attached hydrogen (secondary N) is 2. The van der Waals surface area contributed by atoms with E-state index >= 15 is 0 Å². The second kappa shape index (κ2) is 8.39. The van der Waals surface area contributed by atoms with Crippen LogP contribution in [0, 0.1) is 0 Å². The molecule has 1 aromatic heterocycles. The minimum Gasteiger partial charge on any atom is -0.465 e. The maximum absolute atomic E-state index is 12.3. The molecule has 0 bridgehead atoms. The van der Waals surface area contributed by atoms with Crippen molar-refractivity contribution in [3.8, 4) is 0 Å². The van der Waals surface area contributed by atoms with Gasteiger partial charge >= 0.3 is 5.97 Å². The Morgan fingerprint density at radius 1 is 1.12 bits per heavy atom. The fourth-order valence-corrected chi connectivity index (χ4v) is 1.96. The Morgan fingerprint density at radius 3 is 2.48 bits per heavy atom. The van der Waals surface area contributed by atoms with Crippen LogP contribution in [0.25, 0.3) is 0 Å². The number of nitrogens with zero attached hydrogens (tertiary/aromatic N) is 1. The summed E-state index contributed by atoms with van der Waals surface area (Å²) in [5.74, 6) is -1.25. The van der Waals surface area contributed by atoms with Crippen molar-refractivity contribution < 1.29 is 19.1 Å². The zero-order valence-electron chi connectivity index (χ0n) is 13.6. The van der Waals surface area contributed by atoms with Gasteiger partial charge in [0.1, 0.15) is 5.69 Å². The van der Waals surface area contributed by atoms with E-state index in [4.69, 9.17) is 0 Å². The molecule has 0 spiro atoms. The smallest absolute Gasteiger partial charge is 0.337 e. The lowest BCUT2D eigenvalue weighted by molar-refractivity contribution is 0.0600. The van der Waals surface area contributed by atoms with Crippen molar-refractivity contribution in [2.75, 3.05) is 19.0 Å². The number of amides is 2. The van der Waals surface area contributed by atoms with Crippen LogP contribution in [0.15, 0.2) is 55.3 Å². The summed E-state index contributed by atoms with van der Waals surface area (Å²) < 4.78 is 4.61. The molecule has 1 aromatic carbocycles. The van der Waals surface area contributed by atoms with Crippen LogP contribution in [0.2, 0.25) is 0 Å². The minimum atomic E-state index is -0.456. The van der Waals surface area contributed by atoms with Gasteiger partial charge < -0.3 is 15.4 Å². The van der Waals surface area contributed by atoms with Gasteiger partial charge in [-0.1, -0.05) is 6.08 Å². The Labute approximate surface area is 144 Å². The van der Waals surface area contributed by atoms with Crippen molar-refractivity contribution >= 4 is 23.5 Å². The SMILES string of the molecule is C=CCNC(=O)c1cc(C(=O)Nc2ccc(C(=O)OC)cc2)ccn1. The molecule has 0 atom stereocenters. The van der Waals surface area contributed by atoms with E-state index in [1.807, 2.05) is 0 Å². The van der Waals surface area contributed by atoms with Gasteiger partial charge in [0.25, 0.3) is 11.8 Å². The molecular weight excluding hydrogens is 322 g/mol. The summed E-state index contributed by atoms with van der Waals surface area (Å²) >= 11 is 0. The van der Waals surface area contributed by atoms with Crippen LogP contribution >= 0.6 is 0 Å². The van der Waals surface area contributed by atoms with Crippen molar-refractivity contribution in [2.45, 2.75) is 0 Å². The molecule has 128 valence electrons. The number of methoxy groups -OCH3 is 1. The van der Waals surface area contributed by atoms with E-state index in [2.05, 4.69) is 26.9 Å². The van der Waals surface area contributed by atoms with Gasteiger partial charge in [0.2, 0.25) is 0 Å². The molecule has 0 fully saturated rings. The van der Waals surface area contributed by atoms with Crippen LogP contribution in [0.3, 0.4) is 0 Å². The van der Waals surface area contributed by atoms with E-state index in [0.29, 0.717) is 17.8 Å². The Kier molecular flexibility index (Phi) is 6.00. The number of hydrogen-bond acceptors (Lipinski definition) is 5. The fraction of sp³-hybridized carbons (Fsp3) is 0.111. The van der Waals surface area contributed by atoms with E-state index in [1.165, 1.54) is 25.4 Å². The Balaban J connectivity index is 2.09. The maximum atomic E-state index is 12.3. The molecule has 0 unspecified atom stereocenters. The summed E-state index contributed by atoms with van der Waals surface area (Å²) in [4.78, 5) is 39.5. The average Bonchev–Trinajstić information content (AvgIpc) is 2.66. The van der Waals surface area contributed by atoms with E-state index in [9.17, 15) is 14.4 Å². The van der Waals surface area contributed by atoms with Crippen LogP contribution < -0.4 is 10.6 Å². The number of hydrogen-bond donors (Lipinski definition) is 2. The minimum absolute atomic E-state index is 0.135. The first-order chi connectivity index (χ1) is 12.0. The van der Waals surface area contributed by atoms with Crippen molar-refractivity contribution in [2.24, 2.45) is 0 Å². The first kappa shape index (κ1) is 17.9. The molecule has 2 aromatic rings. The number of rotatable bonds is 6. The third kappa shape index (κ3) is 4.74. The molecule has 1 heterocycles. The normalized spacial score (nSPS) is 9.80. The largest absolute Gasteiger partial charge is 0.465 e. The maximum Gasteiger partial charge on any atom is 0.337 e. The number of esters is 1. The first-order valence-electron chi connectivity index (χ1n) is 7.40. The molecule has 7 heteroatoms. The van der Waals surface area contributed by atoms with Crippen LogP contribution in [0.1, 0.15) is 31.2 Å². The number of benzene rings is 1. The number of pyridine rings is 1. The number of anilines is 1. The summed E-state index contributed by atoms with van der Waals surface area (Å²) in [6.07, 6.45) is 2.94. The van der Waals surface area contributed by atoms with Gasteiger partial charge in [-0.25, -0.2) is 4.79 Å². The molecule has 0 radical (unpaired) electrons. The highest BCUT2D eigenvalue weighted by Gasteiger charge is 2.12. The molecule has 0 aliphatic heterocycles. The van der Waals surface area contributed by atoms with Gasteiger partial charge in [-0.05, 0) is 36.4 Å². The highest BCUT2D eigenvalue weighted by Crippen LogP contribution is 2.12. The summed E-state index contributed by atoms with van der Waals surface area (Å²) in [6, 6.07) is 9.16. The van der Waals surface area contributed by atoms with Gasteiger partial charge in [-0.2, -0.15) is 0 Å². The lowest BCUT2D eigenvalue weighted by atomic mass is 10.2. The lowest BCUT2D eigenvalue weighted by Crippen LogP contribution is -2.24. The van der Waals surface area contributed by atoms with Crippen LogP contribution in [0.4, 0.5) is 5.69 Å². The highest BCUT2D eigenvalue weighted by atomic mass is 16.5. The average molecular weight is 339 g/mol. The number of ether oxygens (including phenoxy) is 1. The van der Waals surface area contributed by atoms with Crippen molar-refractivity contribution in [1.29, 1.82) is 0 Å². The highest BCUT2D eigenvalue weighted by molar-refractivity contribution is 6.05.